The van der Waals surface area contributed by atoms with Crippen molar-refractivity contribution in [3.8, 4) is 0 Å². The SMILES string of the molecule is CN1C(=O)CC(C(=O)NC(Cc2cnc[nH]2)C(=O)N2CCCC2C(N)=O)NC1=O.O. The predicted molar refractivity (Wildman–Crippen MR) is 101 cm³/mol. The number of nitrogens with zero attached hydrogens (tertiary/aromatic N) is 3. The Morgan fingerprint density at radius 3 is 2.70 bits per heavy atom. The zero-order valence-corrected chi connectivity index (χ0v) is 16.4. The summed E-state index contributed by atoms with van der Waals surface area (Å²) in [6.07, 6.45) is 3.93. The average molecular weight is 423 g/mol. The van der Waals surface area contributed by atoms with Crippen LogP contribution in [0.2, 0.25) is 0 Å². The Hall–Kier alpha value is -3.48. The highest BCUT2D eigenvalue weighted by Gasteiger charge is 2.39. The van der Waals surface area contributed by atoms with Crippen LogP contribution in [0.25, 0.3) is 0 Å². The smallest absolute Gasteiger partial charge is 0.324 e. The largest absolute Gasteiger partial charge is 0.412 e. The van der Waals surface area contributed by atoms with Gasteiger partial charge in [0.05, 0.1) is 12.7 Å². The molecule has 0 bridgehead atoms. The second kappa shape index (κ2) is 9.35. The summed E-state index contributed by atoms with van der Waals surface area (Å²) in [5.74, 6) is -2.22. The van der Waals surface area contributed by atoms with Gasteiger partial charge in [-0.2, -0.15) is 0 Å². The van der Waals surface area contributed by atoms with Crippen molar-refractivity contribution in [3.05, 3.63) is 18.2 Å². The third-order valence-electron chi connectivity index (χ3n) is 5.13. The van der Waals surface area contributed by atoms with E-state index in [4.69, 9.17) is 5.73 Å². The summed E-state index contributed by atoms with van der Waals surface area (Å²) in [5.41, 5.74) is 6.00. The summed E-state index contributed by atoms with van der Waals surface area (Å²) in [4.78, 5) is 70.1. The van der Waals surface area contributed by atoms with Crippen LogP contribution in [0, 0.1) is 0 Å². The van der Waals surface area contributed by atoms with Crippen LogP contribution in [0.3, 0.4) is 0 Å². The van der Waals surface area contributed by atoms with Crippen LogP contribution in [0.4, 0.5) is 4.79 Å². The van der Waals surface area contributed by atoms with E-state index in [1.807, 2.05) is 0 Å². The van der Waals surface area contributed by atoms with Crippen molar-refractivity contribution >= 4 is 29.7 Å². The molecular formula is C17H25N7O6. The molecule has 1 aromatic heterocycles. The number of rotatable bonds is 6. The second-order valence-corrected chi connectivity index (χ2v) is 7.09. The number of urea groups is 1. The highest BCUT2D eigenvalue weighted by atomic mass is 16.2. The van der Waals surface area contributed by atoms with Gasteiger partial charge in [-0.3, -0.25) is 24.1 Å². The molecule has 0 aliphatic carbocycles. The summed E-state index contributed by atoms with van der Waals surface area (Å²) < 4.78 is 0. The number of carbonyl (C=O) groups is 5. The zero-order chi connectivity index (χ0) is 21.1. The van der Waals surface area contributed by atoms with E-state index in [1.54, 1.807) is 0 Å². The maximum Gasteiger partial charge on any atom is 0.324 e. The van der Waals surface area contributed by atoms with E-state index in [2.05, 4.69) is 20.6 Å². The number of carbonyl (C=O) groups excluding carboxylic acids is 5. The topological polar surface area (TPSA) is 202 Å². The van der Waals surface area contributed by atoms with Crippen molar-refractivity contribution in [2.24, 2.45) is 5.73 Å². The van der Waals surface area contributed by atoms with E-state index in [9.17, 15) is 24.0 Å². The highest BCUT2D eigenvalue weighted by Crippen LogP contribution is 2.19. The lowest BCUT2D eigenvalue weighted by molar-refractivity contribution is -0.141. The fourth-order valence-electron chi connectivity index (χ4n) is 3.50. The Balaban J connectivity index is 0.00000320. The number of amides is 6. The lowest BCUT2D eigenvalue weighted by Crippen LogP contribution is -2.61. The van der Waals surface area contributed by atoms with Crippen LogP contribution in [-0.4, -0.2) is 86.6 Å². The molecule has 0 saturated carbocycles. The Labute approximate surface area is 171 Å². The number of primary amides is 1. The van der Waals surface area contributed by atoms with Crippen LogP contribution in [0.1, 0.15) is 25.0 Å². The Morgan fingerprint density at radius 2 is 2.10 bits per heavy atom. The Bertz CT molecular complexity index is 809. The van der Waals surface area contributed by atoms with E-state index < -0.39 is 47.8 Å². The van der Waals surface area contributed by atoms with Gasteiger partial charge in [-0.1, -0.05) is 0 Å². The minimum Gasteiger partial charge on any atom is -0.412 e. The minimum absolute atomic E-state index is 0. The first-order valence-electron chi connectivity index (χ1n) is 9.22. The van der Waals surface area contributed by atoms with Gasteiger partial charge in [0.1, 0.15) is 18.1 Å². The maximum atomic E-state index is 13.1. The van der Waals surface area contributed by atoms with E-state index in [-0.39, 0.29) is 18.3 Å². The van der Waals surface area contributed by atoms with Crippen molar-refractivity contribution in [1.82, 2.24) is 30.4 Å². The Kier molecular flexibility index (Phi) is 7.10. The average Bonchev–Trinajstić information content (AvgIpc) is 3.36. The molecule has 3 atom stereocenters. The molecule has 13 heteroatoms. The highest BCUT2D eigenvalue weighted by molar-refractivity contribution is 6.03. The summed E-state index contributed by atoms with van der Waals surface area (Å²) in [6.45, 7) is 0.352. The number of hydrogen-bond donors (Lipinski definition) is 4. The van der Waals surface area contributed by atoms with E-state index in [1.165, 1.54) is 24.5 Å². The summed E-state index contributed by atoms with van der Waals surface area (Å²) >= 11 is 0. The summed E-state index contributed by atoms with van der Waals surface area (Å²) in [7, 11) is 1.31. The predicted octanol–water partition coefficient (Wildman–Crippen LogP) is -2.97. The molecule has 2 aliphatic rings. The molecule has 2 aliphatic heterocycles. The monoisotopic (exact) mass is 423 g/mol. The number of likely N-dealkylation sites (tertiary alicyclic amines) is 1. The maximum absolute atomic E-state index is 13.1. The van der Waals surface area contributed by atoms with Crippen LogP contribution in [0.15, 0.2) is 12.5 Å². The van der Waals surface area contributed by atoms with Gasteiger partial charge in [0, 0.05) is 31.9 Å². The number of aromatic amines is 1. The molecule has 2 saturated heterocycles. The molecule has 30 heavy (non-hydrogen) atoms. The summed E-state index contributed by atoms with van der Waals surface area (Å²) in [6, 6.07) is -3.53. The number of aromatic nitrogens is 2. The number of imidazole rings is 1. The van der Waals surface area contributed by atoms with Gasteiger partial charge in [-0.15, -0.1) is 0 Å². The van der Waals surface area contributed by atoms with Gasteiger partial charge in [0.15, 0.2) is 0 Å². The first-order chi connectivity index (χ1) is 13.8. The number of nitrogens with two attached hydrogens (primary N) is 1. The number of hydrogen-bond acceptors (Lipinski definition) is 6. The molecule has 2 fully saturated rings. The quantitative estimate of drug-likeness (QED) is 0.376. The molecular weight excluding hydrogens is 398 g/mol. The molecule has 1 aromatic rings. The summed E-state index contributed by atoms with van der Waals surface area (Å²) in [5, 5.41) is 5.03. The minimum atomic E-state index is -1.09. The first-order valence-corrected chi connectivity index (χ1v) is 9.22. The lowest BCUT2D eigenvalue weighted by atomic mass is 10.1. The molecule has 3 heterocycles. The van der Waals surface area contributed by atoms with Gasteiger partial charge in [-0.05, 0) is 12.8 Å². The third kappa shape index (κ3) is 4.74. The number of imide groups is 1. The lowest BCUT2D eigenvalue weighted by Gasteiger charge is -2.31. The molecule has 3 unspecified atom stereocenters. The molecule has 0 radical (unpaired) electrons. The van der Waals surface area contributed by atoms with E-state index in [0.717, 1.165) is 4.90 Å². The van der Waals surface area contributed by atoms with Gasteiger partial charge < -0.3 is 31.7 Å². The van der Waals surface area contributed by atoms with Crippen LogP contribution in [-0.2, 0) is 25.6 Å². The molecule has 0 spiro atoms. The van der Waals surface area contributed by atoms with Crippen molar-refractivity contribution in [1.29, 1.82) is 0 Å². The number of H-pyrrole nitrogens is 1. The van der Waals surface area contributed by atoms with Crippen molar-refractivity contribution < 1.29 is 29.4 Å². The van der Waals surface area contributed by atoms with Crippen molar-refractivity contribution in [2.75, 3.05) is 13.6 Å². The van der Waals surface area contributed by atoms with E-state index >= 15 is 0 Å². The Morgan fingerprint density at radius 1 is 1.37 bits per heavy atom. The molecule has 13 nitrogen and oxygen atoms in total. The van der Waals surface area contributed by atoms with Gasteiger partial charge in [0.25, 0.3) is 0 Å². The second-order valence-electron chi connectivity index (χ2n) is 7.09. The van der Waals surface area contributed by atoms with E-state index in [0.29, 0.717) is 25.1 Å². The molecule has 7 N–H and O–H groups in total. The molecule has 164 valence electrons. The fraction of sp³-hybridized carbons (Fsp3) is 0.529. The van der Waals surface area contributed by atoms with Gasteiger partial charge in [0.2, 0.25) is 23.6 Å². The van der Waals surface area contributed by atoms with Crippen molar-refractivity contribution in [2.45, 2.75) is 43.8 Å². The van der Waals surface area contributed by atoms with Crippen LogP contribution in [0.5, 0.6) is 0 Å². The normalized spacial score (nSPS) is 22.2. The van der Waals surface area contributed by atoms with Crippen LogP contribution < -0.4 is 16.4 Å². The van der Waals surface area contributed by atoms with Crippen molar-refractivity contribution in [3.63, 3.8) is 0 Å². The van der Waals surface area contributed by atoms with Gasteiger partial charge >= 0.3 is 6.03 Å². The van der Waals surface area contributed by atoms with Gasteiger partial charge in [-0.25, -0.2) is 9.78 Å². The number of nitrogens with one attached hydrogen (secondary N) is 3. The molecule has 3 rings (SSSR count). The molecule has 6 amide bonds. The van der Waals surface area contributed by atoms with Crippen LogP contribution >= 0.6 is 0 Å². The molecule has 0 aromatic carbocycles. The standard InChI is InChI=1S/C17H23N7O5.H2O/c1-23-13(25)6-10(22-17(23)29)15(27)21-11(5-9-7-19-8-20-9)16(28)24-4-2-3-12(24)14(18)26;/h7-8,10-12H,2-6H2,1H3,(H2,18,26)(H,19,20)(H,21,27)(H,22,29);1H2. The third-order valence-corrected chi connectivity index (χ3v) is 5.13. The zero-order valence-electron chi connectivity index (χ0n) is 16.4. The first kappa shape index (κ1) is 22.8. The fourth-order valence-corrected chi connectivity index (χ4v) is 3.50.